The van der Waals surface area contributed by atoms with Gasteiger partial charge in [-0.15, -0.1) is 6.58 Å². The summed E-state index contributed by atoms with van der Waals surface area (Å²) in [6.07, 6.45) is 1.54. The molecule has 0 aliphatic carbocycles. The smallest absolute Gasteiger partial charge is 0.335 e. The lowest BCUT2D eigenvalue weighted by Gasteiger charge is -2.37. The maximum atomic E-state index is 14.0. The topological polar surface area (TPSA) is 40.5 Å². The lowest BCUT2D eigenvalue weighted by molar-refractivity contribution is 0.0696. The summed E-state index contributed by atoms with van der Waals surface area (Å²) in [6.45, 7) is 9.24. The Kier molecular flexibility index (Phi) is 4.29. The van der Waals surface area contributed by atoms with Crippen molar-refractivity contribution >= 4 is 11.7 Å². The van der Waals surface area contributed by atoms with Crippen LogP contribution in [0, 0.1) is 11.6 Å². The fourth-order valence-corrected chi connectivity index (χ4v) is 1.78. The molecule has 0 aromatic heterocycles. The first-order chi connectivity index (χ1) is 8.68. The third-order valence-corrected chi connectivity index (χ3v) is 2.66. The Morgan fingerprint density at radius 2 is 1.84 bits per heavy atom. The number of rotatable bonds is 4. The van der Waals surface area contributed by atoms with Crippen molar-refractivity contribution in [1.29, 1.82) is 0 Å². The fourth-order valence-electron chi connectivity index (χ4n) is 1.78. The number of hydrogen-bond acceptors (Lipinski definition) is 2. The van der Waals surface area contributed by atoms with Crippen LogP contribution in [0.15, 0.2) is 24.8 Å². The molecule has 0 heterocycles. The average molecular weight is 269 g/mol. The first-order valence-corrected chi connectivity index (χ1v) is 5.79. The van der Waals surface area contributed by atoms with Crippen LogP contribution in [-0.2, 0) is 0 Å². The van der Waals surface area contributed by atoms with Crippen LogP contribution < -0.4 is 4.90 Å². The molecule has 0 aliphatic rings. The minimum atomic E-state index is -1.37. The largest absolute Gasteiger partial charge is 0.478 e. The third kappa shape index (κ3) is 3.30. The van der Waals surface area contributed by atoms with E-state index >= 15 is 0 Å². The molecule has 104 valence electrons. The highest BCUT2D eigenvalue weighted by Crippen LogP contribution is 2.30. The van der Waals surface area contributed by atoms with Crippen LogP contribution in [-0.4, -0.2) is 23.2 Å². The number of carbonyl (C=O) groups is 1. The van der Waals surface area contributed by atoms with Crippen molar-refractivity contribution in [3.63, 3.8) is 0 Å². The van der Waals surface area contributed by atoms with Gasteiger partial charge in [-0.1, -0.05) is 6.08 Å². The van der Waals surface area contributed by atoms with Crippen molar-refractivity contribution in [2.45, 2.75) is 26.3 Å². The van der Waals surface area contributed by atoms with E-state index in [0.29, 0.717) is 0 Å². The quantitative estimate of drug-likeness (QED) is 0.851. The second-order valence-corrected chi connectivity index (χ2v) is 5.16. The van der Waals surface area contributed by atoms with E-state index in [1.165, 1.54) is 11.0 Å². The molecule has 1 aromatic rings. The molecule has 5 heteroatoms. The number of anilines is 1. The molecule has 0 aliphatic heterocycles. The first kappa shape index (κ1) is 15.1. The molecule has 1 N–H and O–H groups in total. The van der Waals surface area contributed by atoms with Gasteiger partial charge in [0.2, 0.25) is 0 Å². The lowest BCUT2D eigenvalue weighted by atomic mass is 10.0. The van der Waals surface area contributed by atoms with E-state index in [2.05, 4.69) is 6.58 Å². The SMILES string of the molecule is C=CCN(c1c(F)cc(C(=O)O)cc1F)C(C)(C)C. The number of aromatic carboxylic acids is 1. The molecular formula is C14H17F2NO2. The maximum Gasteiger partial charge on any atom is 0.335 e. The average Bonchev–Trinajstić information content (AvgIpc) is 2.25. The number of carboxylic acids is 1. The summed E-state index contributed by atoms with van der Waals surface area (Å²) in [4.78, 5) is 12.2. The molecule has 19 heavy (non-hydrogen) atoms. The van der Waals surface area contributed by atoms with Gasteiger partial charge in [0.25, 0.3) is 0 Å². The lowest BCUT2D eigenvalue weighted by Crippen LogP contribution is -2.42. The predicted octanol–water partition coefficient (Wildman–Crippen LogP) is 3.45. The van der Waals surface area contributed by atoms with Crippen LogP contribution >= 0.6 is 0 Å². The summed E-state index contributed by atoms with van der Waals surface area (Å²) in [6, 6.07) is 1.64. The summed E-state index contributed by atoms with van der Waals surface area (Å²) in [7, 11) is 0. The van der Waals surface area contributed by atoms with E-state index < -0.39 is 28.7 Å². The maximum absolute atomic E-state index is 14.0. The van der Waals surface area contributed by atoms with Crippen LogP contribution in [0.5, 0.6) is 0 Å². The minimum absolute atomic E-state index is 0.239. The van der Waals surface area contributed by atoms with Gasteiger partial charge in [0.05, 0.1) is 5.56 Å². The molecule has 0 unspecified atom stereocenters. The summed E-state index contributed by atoms with van der Waals surface area (Å²) < 4.78 is 28.0. The van der Waals surface area contributed by atoms with Gasteiger partial charge in [-0.25, -0.2) is 13.6 Å². The van der Waals surface area contributed by atoms with E-state index in [9.17, 15) is 13.6 Å². The Balaban J connectivity index is 3.40. The Morgan fingerprint density at radius 3 is 2.16 bits per heavy atom. The van der Waals surface area contributed by atoms with Crippen molar-refractivity contribution < 1.29 is 18.7 Å². The van der Waals surface area contributed by atoms with E-state index in [1.54, 1.807) is 20.8 Å². The Hall–Kier alpha value is -1.91. The second kappa shape index (κ2) is 5.38. The van der Waals surface area contributed by atoms with Gasteiger partial charge >= 0.3 is 5.97 Å². The molecule has 0 spiro atoms. The molecular weight excluding hydrogens is 252 g/mol. The molecule has 3 nitrogen and oxygen atoms in total. The van der Waals surface area contributed by atoms with Gasteiger partial charge < -0.3 is 10.0 Å². The van der Waals surface area contributed by atoms with Crippen molar-refractivity contribution in [3.8, 4) is 0 Å². The molecule has 0 bridgehead atoms. The van der Waals surface area contributed by atoms with Gasteiger partial charge in [0.1, 0.15) is 17.3 Å². The Morgan fingerprint density at radius 1 is 1.37 bits per heavy atom. The number of benzene rings is 1. The Bertz CT molecular complexity index is 484. The molecule has 0 atom stereocenters. The van der Waals surface area contributed by atoms with Gasteiger partial charge in [-0.05, 0) is 32.9 Å². The van der Waals surface area contributed by atoms with E-state index in [0.717, 1.165) is 12.1 Å². The molecule has 1 rings (SSSR count). The van der Waals surface area contributed by atoms with Crippen LogP contribution in [0.2, 0.25) is 0 Å². The van der Waals surface area contributed by atoms with Crippen LogP contribution in [0.4, 0.5) is 14.5 Å². The van der Waals surface area contributed by atoms with Crippen molar-refractivity contribution in [2.24, 2.45) is 0 Å². The zero-order chi connectivity index (χ0) is 14.8. The Labute approximate surface area is 111 Å². The van der Waals surface area contributed by atoms with Crippen LogP contribution in [0.3, 0.4) is 0 Å². The van der Waals surface area contributed by atoms with Crippen LogP contribution in [0.25, 0.3) is 0 Å². The summed E-state index contributed by atoms with van der Waals surface area (Å²) in [5.41, 5.74) is -1.18. The highest BCUT2D eigenvalue weighted by atomic mass is 19.1. The number of halogens is 2. The van der Waals surface area contributed by atoms with Gasteiger partial charge in [-0.2, -0.15) is 0 Å². The number of nitrogens with zero attached hydrogens (tertiary/aromatic N) is 1. The van der Waals surface area contributed by atoms with Crippen molar-refractivity contribution in [2.75, 3.05) is 11.4 Å². The predicted molar refractivity (Wildman–Crippen MR) is 70.6 cm³/mol. The molecule has 0 fully saturated rings. The van der Waals surface area contributed by atoms with Gasteiger partial charge in [0, 0.05) is 12.1 Å². The van der Waals surface area contributed by atoms with E-state index in [-0.39, 0.29) is 12.2 Å². The zero-order valence-electron chi connectivity index (χ0n) is 11.2. The monoisotopic (exact) mass is 269 g/mol. The second-order valence-electron chi connectivity index (χ2n) is 5.16. The van der Waals surface area contributed by atoms with Crippen molar-refractivity contribution in [1.82, 2.24) is 0 Å². The highest BCUT2D eigenvalue weighted by Gasteiger charge is 2.27. The number of hydrogen-bond donors (Lipinski definition) is 1. The molecule has 0 amide bonds. The molecule has 0 saturated carbocycles. The van der Waals surface area contributed by atoms with Gasteiger partial charge in [-0.3, -0.25) is 0 Å². The van der Waals surface area contributed by atoms with Gasteiger partial charge in [0.15, 0.2) is 0 Å². The minimum Gasteiger partial charge on any atom is -0.478 e. The molecule has 0 radical (unpaired) electrons. The summed E-state index contributed by atoms with van der Waals surface area (Å²) >= 11 is 0. The highest BCUT2D eigenvalue weighted by molar-refractivity contribution is 5.88. The molecule has 1 aromatic carbocycles. The van der Waals surface area contributed by atoms with Crippen LogP contribution in [0.1, 0.15) is 31.1 Å². The third-order valence-electron chi connectivity index (χ3n) is 2.66. The van der Waals surface area contributed by atoms with Crippen molar-refractivity contribution in [3.05, 3.63) is 42.0 Å². The standard InChI is InChI=1S/C14H17F2NO2/c1-5-6-17(14(2,3)4)12-10(15)7-9(13(18)19)8-11(12)16/h5,7-8H,1,6H2,2-4H3,(H,18,19). The van der Waals surface area contributed by atoms with E-state index in [1.807, 2.05) is 0 Å². The summed E-state index contributed by atoms with van der Waals surface area (Å²) in [5.74, 6) is -3.15. The van der Waals surface area contributed by atoms with E-state index in [4.69, 9.17) is 5.11 Å². The zero-order valence-corrected chi connectivity index (χ0v) is 11.2. The normalized spacial score (nSPS) is 11.2. The molecule has 0 saturated heterocycles. The summed E-state index contributed by atoms with van der Waals surface area (Å²) in [5, 5.41) is 8.76. The first-order valence-electron chi connectivity index (χ1n) is 5.79. The fraction of sp³-hybridized carbons (Fsp3) is 0.357. The number of carboxylic acid groups (broad SMARTS) is 1.